The van der Waals surface area contributed by atoms with Gasteiger partial charge in [0.1, 0.15) is 0 Å². The number of nitrogens with one attached hydrogen (secondary N) is 2. The molecule has 2 N–H and O–H groups in total. The van der Waals surface area contributed by atoms with Gasteiger partial charge < -0.3 is 10.3 Å². The van der Waals surface area contributed by atoms with Crippen molar-refractivity contribution in [3.05, 3.63) is 27.9 Å². The van der Waals surface area contributed by atoms with Crippen molar-refractivity contribution < 1.29 is 0 Å². The zero-order valence-electron chi connectivity index (χ0n) is 7.63. The first-order chi connectivity index (χ1) is 6.27. The number of aromatic amines is 1. The molecule has 2 rings (SSSR count). The van der Waals surface area contributed by atoms with Gasteiger partial charge >= 0.3 is 5.69 Å². The van der Waals surface area contributed by atoms with Crippen LogP contribution in [0.1, 0.15) is 23.6 Å². The number of hydrogen-bond acceptors (Lipinski definition) is 3. The van der Waals surface area contributed by atoms with Gasteiger partial charge in [0.25, 0.3) is 0 Å². The highest BCUT2D eigenvalue weighted by molar-refractivity contribution is 5.21. The summed E-state index contributed by atoms with van der Waals surface area (Å²) in [5, 5.41) is 3.29. The second-order valence-corrected chi connectivity index (χ2v) is 3.46. The van der Waals surface area contributed by atoms with Crippen LogP contribution in [0.4, 0.5) is 0 Å². The second-order valence-electron chi connectivity index (χ2n) is 3.46. The Hall–Kier alpha value is -1.16. The highest BCUT2D eigenvalue weighted by atomic mass is 16.1. The van der Waals surface area contributed by atoms with Crippen LogP contribution in [0.15, 0.2) is 11.0 Å². The molecule has 4 heteroatoms. The van der Waals surface area contributed by atoms with Gasteiger partial charge in [-0.3, -0.25) is 0 Å². The lowest BCUT2D eigenvalue weighted by atomic mass is 9.99. The van der Waals surface area contributed by atoms with Gasteiger partial charge in [-0.2, -0.15) is 0 Å². The van der Waals surface area contributed by atoms with E-state index in [2.05, 4.69) is 15.3 Å². The first-order valence-corrected chi connectivity index (χ1v) is 4.54. The largest absolute Gasteiger partial charge is 0.345 e. The molecule has 1 saturated heterocycles. The zero-order chi connectivity index (χ0) is 9.26. The molecule has 1 aliphatic rings. The number of nitrogens with zero attached hydrogens (tertiary/aromatic N) is 1. The maximum atomic E-state index is 10.9. The van der Waals surface area contributed by atoms with Crippen LogP contribution in [-0.2, 0) is 0 Å². The highest BCUT2D eigenvalue weighted by Gasteiger charge is 2.18. The van der Waals surface area contributed by atoms with Gasteiger partial charge in [0.15, 0.2) is 0 Å². The summed E-state index contributed by atoms with van der Waals surface area (Å²) in [4.78, 5) is 17.3. The number of H-pyrrole nitrogens is 1. The van der Waals surface area contributed by atoms with E-state index in [0.717, 1.165) is 25.2 Å². The lowest BCUT2D eigenvalue weighted by molar-refractivity contribution is 0.739. The Bertz CT molecular complexity index is 352. The van der Waals surface area contributed by atoms with Crippen LogP contribution in [0, 0.1) is 6.92 Å². The van der Waals surface area contributed by atoms with Crippen molar-refractivity contribution in [2.75, 3.05) is 13.1 Å². The minimum atomic E-state index is -0.257. The molecule has 1 aliphatic heterocycles. The average molecular weight is 179 g/mol. The van der Waals surface area contributed by atoms with Crippen molar-refractivity contribution in [3.63, 3.8) is 0 Å². The third-order valence-electron chi connectivity index (χ3n) is 2.55. The third-order valence-corrected chi connectivity index (χ3v) is 2.55. The lowest BCUT2D eigenvalue weighted by Crippen LogP contribution is -2.16. The van der Waals surface area contributed by atoms with Crippen molar-refractivity contribution in [1.29, 1.82) is 0 Å². The Morgan fingerprint density at radius 2 is 2.46 bits per heavy atom. The summed E-state index contributed by atoms with van der Waals surface area (Å²) in [5.41, 5.74) is 1.87. The normalized spacial score (nSPS) is 22.1. The molecule has 0 saturated carbocycles. The number of aryl methyl sites for hydroxylation is 1. The Morgan fingerprint density at radius 1 is 1.62 bits per heavy atom. The van der Waals surface area contributed by atoms with Crippen molar-refractivity contribution in [2.45, 2.75) is 19.3 Å². The first-order valence-electron chi connectivity index (χ1n) is 4.54. The lowest BCUT2D eigenvalue weighted by Gasteiger charge is -2.09. The molecule has 1 unspecified atom stereocenters. The molecule has 4 nitrogen and oxygen atoms in total. The van der Waals surface area contributed by atoms with Gasteiger partial charge in [0, 0.05) is 24.4 Å². The SMILES string of the molecule is Cc1[nH]c(=O)ncc1C1CCNC1. The van der Waals surface area contributed by atoms with E-state index in [-0.39, 0.29) is 5.69 Å². The van der Waals surface area contributed by atoms with E-state index < -0.39 is 0 Å². The minimum absolute atomic E-state index is 0.257. The molecule has 13 heavy (non-hydrogen) atoms. The topological polar surface area (TPSA) is 57.8 Å². The van der Waals surface area contributed by atoms with Crippen LogP contribution in [0.3, 0.4) is 0 Å². The Balaban J connectivity index is 2.34. The quantitative estimate of drug-likeness (QED) is 0.645. The summed E-state index contributed by atoms with van der Waals surface area (Å²) in [6.07, 6.45) is 2.83. The zero-order valence-corrected chi connectivity index (χ0v) is 7.63. The molecule has 0 radical (unpaired) electrons. The van der Waals surface area contributed by atoms with E-state index in [1.807, 2.05) is 6.92 Å². The molecule has 70 valence electrons. The van der Waals surface area contributed by atoms with E-state index in [9.17, 15) is 4.79 Å². The molecule has 0 aliphatic carbocycles. The monoisotopic (exact) mass is 179 g/mol. The fourth-order valence-corrected chi connectivity index (χ4v) is 1.82. The van der Waals surface area contributed by atoms with Crippen molar-refractivity contribution in [3.8, 4) is 0 Å². The van der Waals surface area contributed by atoms with Crippen LogP contribution in [0.2, 0.25) is 0 Å². The summed E-state index contributed by atoms with van der Waals surface area (Å²) in [7, 11) is 0. The summed E-state index contributed by atoms with van der Waals surface area (Å²) in [6.45, 7) is 3.98. The number of hydrogen-bond donors (Lipinski definition) is 2. The Morgan fingerprint density at radius 3 is 3.08 bits per heavy atom. The molecule has 1 fully saturated rings. The van der Waals surface area contributed by atoms with Crippen LogP contribution < -0.4 is 11.0 Å². The van der Waals surface area contributed by atoms with Crippen LogP contribution in [0.5, 0.6) is 0 Å². The molecule has 1 atom stereocenters. The molecule has 1 aromatic heterocycles. The minimum Gasteiger partial charge on any atom is -0.316 e. The molecule has 2 heterocycles. The van der Waals surface area contributed by atoms with Gasteiger partial charge in [-0.25, -0.2) is 9.78 Å². The maximum absolute atomic E-state index is 10.9. The predicted molar refractivity (Wildman–Crippen MR) is 49.8 cm³/mol. The molecular formula is C9H13N3O. The van der Waals surface area contributed by atoms with Gasteiger partial charge in [-0.05, 0) is 25.5 Å². The van der Waals surface area contributed by atoms with Crippen LogP contribution in [0.25, 0.3) is 0 Å². The summed E-state index contributed by atoms with van der Waals surface area (Å²) >= 11 is 0. The van der Waals surface area contributed by atoms with Crippen molar-refractivity contribution in [2.24, 2.45) is 0 Å². The number of rotatable bonds is 1. The molecular weight excluding hydrogens is 166 g/mol. The smallest absolute Gasteiger partial charge is 0.316 e. The highest BCUT2D eigenvalue weighted by Crippen LogP contribution is 2.22. The molecule has 0 bridgehead atoms. The molecule has 1 aromatic rings. The van der Waals surface area contributed by atoms with Crippen molar-refractivity contribution >= 4 is 0 Å². The molecule has 0 aromatic carbocycles. The molecule has 0 amide bonds. The summed E-state index contributed by atoms with van der Waals surface area (Å²) in [6, 6.07) is 0. The van der Waals surface area contributed by atoms with Crippen LogP contribution >= 0.6 is 0 Å². The second kappa shape index (κ2) is 3.30. The van der Waals surface area contributed by atoms with E-state index in [1.165, 1.54) is 5.56 Å². The Kier molecular flexibility index (Phi) is 2.14. The van der Waals surface area contributed by atoms with Gasteiger partial charge in [0.2, 0.25) is 0 Å². The van der Waals surface area contributed by atoms with Gasteiger partial charge in [0.05, 0.1) is 0 Å². The predicted octanol–water partition coefficient (Wildman–Crippen LogP) is 0.155. The van der Waals surface area contributed by atoms with E-state index >= 15 is 0 Å². The van der Waals surface area contributed by atoms with E-state index in [0.29, 0.717) is 5.92 Å². The van der Waals surface area contributed by atoms with Gasteiger partial charge in [-0.15, -0.1) is 0 Å². The summed E-state index contributed by atoms with van der Waals surface area (Å²) < 4.78 is 0. The van der Waals surface area contributed by atoms with Gasteiger partial charge in [-0.1, -0.05) is 0 Å². The fraction of sp³-hybridized carbons (Fsp3) is 0.556. The standard InChI is InChI=1S/C9H13N3O/c1-6-8(5-11-9(13)12-6)7-2-3-10-4-7/h5,7,10H,2-4H2,1H3,(H,11,12,13). The maximum Gasteiger partial charge on any atom is 0.345 e. The van der Waals surface area contributed by atoms with E-state index in [4.69, 9.17) is 0 Å². The first kappa shape index (κ1) is 8.44. The summed E-state index contributed by atoms with van der Waals surface area (Å²) in [5.74, 6) is 0.518. The average Bonchev–Trinajstić information content (AvgIpc) is 2.56. The van der Waals surface area contributed by atoms with E-state index in [1.54, 1.807) is 6.20 Å². The Labute approximate surface area is 76.4 Å². The number of aromatic nitrogens is 2. The fourth-order valence-electron chi connectivity index (χ4n) is 1.82. The van der Waals surface area contributed by atoms with Crippen molar-refractivity contribution in [1.82, 2.24) is 15.3 Å². The van der Waals surface area contributed by atoms with Crippen LogP contribution in [-0.4, -0.2) is 23.1 Å². The third kappa shape index (κ3) is 1.62. The molecule has 0 spiro atoms.